The van der Waals surface area contributed by atoms with Crippen molar-refractivity contribution in [3.63, 3.8) is 0 Å². The molecule has 100 valence electrons. The lowest BCUT2D eigenvalue weighted by Gasteiger charge is -2.26. The lowest BCUT2D eigenvalue weighted by molar-refractivity contribution is 0.340. The van der Waals surface area contributed by atoms with Crippen LogP contribution < -0.4 is 5.32 Å². The summed E-state index contributed by atoms with van der Waals surface area (Å²) >= 11 is 5.82. The molecule has 0 amide bonds. The molecule has 0 saturated heterocycles. The molecule has 1 N–H and O–H groups in total. The smallest absolute Gasteiger partial charge is 0.129 e. The van der Waals surface area contributed by atoms with Crippen LogP contribution in [0.25, 0.3) is 0 Å². The zero-order chi connectivity index (χ0) is 13.1. The van der Waals surface area contributed by atoms with Gasteiger partial charge in [0.15, 0.2) is 0 Å². The molecular weight excluding hydrogens is 249 g/mol. The summed E-state index contributed by atoms with van der Waals surface area (Å²) in [5.41, 5.74) is 0.757. The monoisotopic (exact) mass is 269 g/mol. The Balaban J connectivity index is 2.20. The van der Waals surface area contributed by atoms with Gasteiger partial charge in [0.2, 0.25) is 0 Å². The molecule has 18 heavy (non-hydrogen) atoms. The van der Waals surface area contributed by atoms with Crippen molar-refractivity contribution in [3.05, 3.63) is 34.6 Å². The van der Waals surface area contributed by atoms with Crippen LogP contribution in [0.3, 0.4) is 0 Å². The molecule has 1 aromatic rings. The maximum Gasteiger partial charge on any atom is 0.129 e. The van der Waals surface area contributed by atoms with Crippen molar-refractivity contribution in [2.24, 2.45) is 11.8 Å². The van der Waals surface area contributed by atoms with Gasteiger partial charge in [0, 0.05) is 16.6 Å². The minimum atomic E-state index is -0.191. The second kappa shape index (κ2) is 6.03. The first-order valence-corrected chi connectivity index (χ1v) is 7.19. The second-order valence-corrected chi connectivity index (χ2v) is 5.73. The number of nitrogens with one attached hydrogen (secondary N) is 1. The molecule has 1 fully saturated rings. The summed E-state index contributed by atoms with van der Waals surface area (Å²) in [5.74, 6) is 1.03. The van der Waals surface area contributed by atoms with Crippen LogP contribution in [-0.2, 0) is 0 Å². The van der Waals surface area contributed by atoms with E-state index in [0.717, 1.165) is 24.4 Å². The maximum atomic E-state index is 14.0. The molecule has 0 radical (unpaired) electrons. The molecule has 2 atom stereocenters. The van der Waals surface area contributed by atoms with Crippen molar-refractivity contribution in [2.75, 3.05) is 6.54 Å². The topological polar surface area (TPSA) is 12.0 Å². The summed E-state index contributed by atoms with van der Waals surface area (Å²) in [6.45, 7) is 5.27. The molecule has 3 heteroatoms. The average Bonchev–Trinajstić information content (AvgIpc) is 3.15. The Labute approximate surface area is 114 Å². The van der Waals surface area contributed by atoms with Gasteiger partial charge in [-0.2, -0.15) is 0 Å². The molecule has 0 spiro atoms. The summed E-state index contributed by atoms with van der Waals surface area (Å²) in [5, 5.41) is 3.95. The number of halogens is 2. The fourth-order valence-electron chi connectivity index (χ4n) is 2.53. The lowest BCUT2D eigenvalue weighted by Crippen LogP contribution is -2.29. The minimum Gasteiger partial charge on any atom is -0.310 e. The highest BCUT2D eigenvalue weighted by Gasteiger charge is 2.34. The standard InChI is InChI=1S/C15H21ClFN/c1-3-8-18-15(10(2)11-4-5-11)13-7-6-12(16)9-14(13)17/h6-7,9-11,15,18H,3-5,8H2,1-2H3. The maximum absolute atomic E-state index is 14.0. The number of rotatable bonds is 6. The van der Waals surface area contributed by atoms with Crippen molar-refractivity contribution in [2.45, 2.75) is 39.2 Å². The van der Waals surface area contributed by atoms with Gasteiger partial charge in [0.1, 0.15) is 5.82 Å². The SMILES string of the molecule is CCCNC(c1ccc(Cl)cc1F)C(C)C1CC1. The second-order valence-electron chi connectivity index (χ2n) is 5.29. The predicted molar refractivity (Wildman–Crippen MR) is 74.3 cm³/mol. The van der Waals surface area contributed by atoms with Gasteiger partial charge >= 0.3 is 0 Å². The van der Waals surface area contributed by atoms with Crippen LogP contribution in [-0.4, -0.2) is 6.54 Å². The van der Waals surface area contributed by atoms with E-state index in [1.165, 1.54) is 18.9 Å². The number of benzene rings is 1. The van der Waals surface area contributed by atoms with E-state index < -0.39 is 0 Å². The van der Waals surface area contributed by atoms with Crippen LogP contribution in [0.4, 0.5) is 4.39 Å². The van der Waals surface area contributed by atoms with Crippen molar-refractivity contribution < 1.29 is 4.39 Å². The summed E-state index contributed by atoms with van der Waals surface area (Å²) in [6.07, 6.45) is 3.62. The highest BCUT2D eigenvalue weighted by atomic mass is 35.5. The quantitative estimate of drug-likeness (QED) is 0.798. The van der Waals surface area contributed by atoms with Crippen molar-refractivity contribution in [3.8, 4) is 0 Å². The Morgan fingerprint density at radius 2 is 2.17 bits per heavy atom. The van der Waals surface area contributed by atoms with Gasteiger partial charge < -0.3 is 5.32 Å². The van der Waals surface area contributed by atoms with Crippen molar-refractivity contribution in [1.82, 2.24) is 5.32 Å². The van der Waals surface area contributed by atoms with Gasteiger partial charge in [-0.3, -0.25) is 0 Å². The first-order chi connectivity index (χ1) is 8.63. The summed E-state index contributed by atoms with van der Waals surface area (Å²) in [7, 11) is 0. The van der Waals surface area contributed by atoms with Crippen LogP contribution >= 0.6 is 11.6 Å². The molecule has 1 aromatic carbocycles. The Morgan fingerprint density at radius 3 is 2.72 bits per heavy atom. The highest BCUT2D eigenvalue weighted by Crippen LogP contribution is 2.43. The fourth-order valence-corrected chi connectivity index (χ4v) is 2.69. The van der Waals surface area contributed by atoms with E-state index in [2.05, 4.69) is 19.2 Å². The predicted octanol–water partition coefficient (Wildman–Crippen LogP) is 4.57. The van der Waals surface area contributed by atoms with Gasteiger partial charge in [-0.15, -0.1) is 0 Å². The van der Waals surface area contributed by atoms with E-state index in [1.54, 1.807) is 6.07 Å². The molecule has 0 bridgehead atoms. The molecule has 0 heterocycles. The van der Waals surface area contributed by atoms with E-state index in [9.17, 15) is 4.39 Å². The molecule has 0 aliphatic heterocycles. The largest absolute Gasteiger partial charge is 0.310 e. The third-order valence-electron chi connectivity index (χ3n) is 3.80. The summed E-state index contributed by atoms with van der Waals surface area (Å²) in [4.78, 5) is 0. The highest BCUT2D eigenvalue weighted by molar-refractivity contribution is 6.30. The normalized spacial score (nSPS) is 18.7. The van der Waals surface area contributed by atoms with Crippen LogP contribution in [0.15, 0.2) is 18.2 Å². The van der Waals surface area contributed by atoms with E-state index in [-0.39, 0.29) is 11.9 Å². The Kier molecular flexibility index (Phi) is 4.63. The fraction of sp³-hybridized carbons (Fsp3) is 0.600. The van der Waals surface area contributed by atoms with Crippen molar-refractivity contribution >= 4 is 11.6 Å². The number of hydrogen-bond donors (Lipinski definition) is 1. The van der Waals surface area contributed by atoms with E-state index in [1.807, 2.05) is 6.07 Å². The molecular formula is C15H21ClFN. The molecule has 2 rings (SSSR count). The average molecular weight is 270 g/mol. The molecule has 1 aliphatic rings. The van der Waals surface area contributed by atoms with Gasteiger partial charge in [-0.1, -0.05) is 31.5 Å². The minimum absolute atomic E-state index is 0.106. The first kappa shape index (κ1) is 13.8. The zero-order valence-electron chi connectivity index (χ0n) is 11.0. The van der Waals surface area contributed by atoms with E-state index >= 15 is 0 Å². The Morgan fingerprint density at radius 1 is 1.44 bits per heavy atom. The molecule has 1 saturated carbocycles. The van der Waals surface area contributed by atoms with Crippen LogP contribution in [0.5, 0.6) is 0 Å². The van der Waals surface area contributed by atoms with Crippen LogP contribution in [0, 0.1) is 17.7 Å². The van der Waals surface area contributed by atoms with Crippen molar-refractivity contribution in [1.29, 1.82) is 0 Å². The third-order valence-corrected chi connectivity index (χ3v) is 4.04. The van der Waals surface area contributed by atoms with Gasteiger partial charge in [0.25, 0.3) is 0 Å². The van der Waals surface area contributed by atoms with Crippen LogP contribution in [0.1, 0.15) is 44.7 Å². The Hall–Kier alpha value is -0.600. The third kappa shape index (κ3) is 3.24. The van der Waals surface area contributed by atoms with Gasteiger partial charge in [0.05, 0.1) is 0 Å². The lowest BCUT2D eigenvalue weighted by atomic mass is 9.90. The van der Waals surface area contributed by atoms with Gasteiger partial charge in [-0.25, -0.2) is 4.39 Å². The van der Waals surface area contributed by atoms with E-state index in [4.69, 9.17) is 11.6 Å². The molecule has 2 unspecified atom stereocenters. The van der Waals surface area contributed by atoms with Crippen LogP contribution in [0.2, 0.25) is 5.02 Å². The molecule has 0 aromatic heterocycles. The van der Waals surface area contributed by atoms with Gasteiger partial charge in [-0.05, 0) is 49.8 Å². The molecule has 1 nitrogen and oxygen atoms in total. The Bertz CT molecular complexity index is 403. The van der Waals surface area contributed by atoms with E-state index in [0.29, 0.717) is 10.9 Å². The molecule has 1 aliphatic carbocycles. The zero-order valence-corrected chi connectivity index (χ0v) is 11.8. The first-order valence-electron chi connectivity index (χ1n) is 6.81. The summed E-state index contributed by atoms with van der Waals surface area (Å²) in [6, 6.07) is 5.12. The summed E-state index contributed by atoms with van der Waals surface area (Å²) < 4.78 is 14.0. The number of hydrogen-bond acceptors (Lipinski definition) is 1.